The first-order valence-corrected chi connectivity index (χ1v) is 6.30. The monoisotopic (exact) mass is 242 g/mol. The smallest absolute Gasteiger partial charge is 0.149 e. The van der Waals surface area contributed by atoms with E-state index in [2.05, 4.69) is 18.3 Å². The van der Waals surface area contributed by atoms with Crippen LogP contribution >= 0.6 is 11.3 Å². The van der Waals surface area contributed by atoms with Gasteiger partial charge in [0.1, 0.15) is 6.04 Å². The molecule has 2 rings (SSSR count). The number of para-hydroxylation sites is 1. The van der Waals surface area contributed by atoms with E-state index < -0.39 is 0 Å². The number of aryl methyl sites for hydroxylation is 2. The highest BCUT2D eigenvalue weighted by Crippen LogP contribution is 2.26. The van der Waals surface area contributed by atoms with Gasteiger partial charge in [-0.2, -0.15) is 5.26 Å². The van der Waals surface area contributed by atoms with E-state index in [4.69, 9.17) is 0 Å². The van der Waals surface area contributed by atoms with Crippen LogP contribution in [-0.4, -0.2) is 0 Å². The van der Waals surface area contributed by atoms with Crippen molar-refractivity contribution in [3.63, 3.8) is 0 Å². The van der Waals surface area contributed by atoms with Crippen LogP contribution in [0.3, 0.4) is 0 Å². The Morgan fingerprint density at radius 1 is 1.18 bits per heavy atom. The van der Waals surface area contributed by atoms with Crippen LogP contribution in [-0.2, 0) is 0 Å². The van der Waals surface area contributed by atoms with Gasteiger partial charge in [-0.05, 0) is 37.6 Å². The number of rotatable bonds is 3. The molecule has 0 aliphatic rings. The summed E-state index contributed by atoms with van der Waals surface area (Å²) in [5.74, 6) is 0. The molecule has 0 saturated heterocycles. The number of thiophene rings is 1. The predicted octanol–water partition coefficient (Wildman–Crippen LogP) is 4.04. The summed E-state index contributed by atoms with van der Waals surface area (Å²) in [4.78, 5) is 2.29. The first-order valence-electron chi connectivity index (χ1n) is 5.49. The van der Waals surface area contributed by atoms with Crippen LogP contribution in [0.5, 0.6) is 0 Å². The van der Waals surface area contributed by atoms with Gasteiger partial charge in [0.2, 0.25) is 0 Å². The molecule has 86 valence electrons. The maximum Gasteiger partial charge on any atom is 0.149 e. The van der Waals surface area contributed by atoms with Crippen LogP contribution in [0.1, 0.15) is 21.4 Å². The van der Waals surface area contributed by atoms with E-state index in [0.29, 0.717) is 0 Å². The van der Waals surface area contributed by atoms with Gasteiger partial charge in [0.15, 0.2) is 0 Å². The normalized spacial score (nSPS) is 11.8. The Balaban J connectivity index is 2.22. The third kappa shape index (κ3) is 2.66. The summed E-state index contributed by atoms with van der Waals surface area (Å²) in [5.41, 5.74) is 2.17. The number of anilines is 1. The molecule has 0 amide bonds. The average Bonchev–Trinajstić information content (AvgIpc) is 2.75. The number of nitrogens with zero attached hydrogens (tertiary/aromatic N) is 1. The van der Waals surface area contributed by atoms with E-state index in [0.717, 1.165) is 16.1 Å². The fourth-order valence-corrected chi connectivity index (χ4v) is 2.54. The lowest BCUT2D eigenvalue weighted by molar-refractivity contribution is 1.02. The van der Waals surface area contributed by atoms with Gasteiger partial charge >= 0.3 is 0 Å². The first kappa shape index (κ1) is 11.7. The molecule has 0 spiro atoms. The second kappa shape index (κ2) is 5.03. The van der Waals surface area contributed by atoms with Crippen LogP contribution in [0.2, 0.25) is 0 Å². The molecular formula is C14H14N2S. The highest BCUT2D eigenvalue weighted by Gasteiger charge is 2.12. The molecule has 2 nitrogen and oxygen atoms in total. The molecule has 1 aromatic heterocycles. The number of benzene rings is 1. The number of nitrogens with one attached hydrogen (secondary N) is 1. The van der Waals surface area contributed by atoms with Crippen molar-refractivity contribution < 1.29 is 0 Å². The molecule has 1 N–H and O–H groups in total. The van der Waals surface area contributed by atoms with E-state index in [9.17, 15) is 5.26 Å². The van der Waals surface area contributed by atoms with Crippen molar-refractivity contribution in [3.8, 4) is 6.07 Å². The quantitative estimate of drug-likeness (QED) is 0.881. The average molecular weight is 242 g/mol. The van der Waals surface area contributed by atoms with Crippen molar-refractivity contribution in [2.75, 3.05) is 5.32 Å². The molecule has 0 radical (unpaired) electrons. The van der Waals surface area contributed by atoms with Gasteiger partial charge < -0.3 is 5.32 Å². The zero-order valence-electron chi connectivity index (χ0n) is 9.90. The molecule has 1 heterocycles. The largest absolute Gasteiger partial charge is 0.365 e. The Hall–Kier alpha value is -1.79. The lowest BCUT2D eigenvalue weighted by Crippen LogP contribution is -2.07. The molecule has 17 heavy (non-hydrogen) atoms. The maximum atomic E-state index is 9.24. The highest BCUT2D eigenvalue weighted by molar-refractivity contribution is 7.12. The summed E-state index contributed by atoms with van der Waals surface area (Å²) < 4.78 is 0. The Kier molecular flexibility index (Phi) is 3.46. The van der Waals surface area contributed by atoms with Crippen molar-refractivity contribution in [3.05, 3.63) is 51.7 Å². The van der Waals surface area contributed by atoms with Crippen molar-refractivity contribution in [2.45, 2.75) is 19.9 Å². The first-order chi connectivity index (χ1) is 8.20. The van der Waals surface area contributed by atoms with Crippen molar-refractivity contribution in [1.29, 1.82) is 5.26 Å². The van der Waals surface area contributed by atoms with E-state index in [-0.39, 0.29) is 6.04 Å². The van der Waals surface area contributed by atoms with E-state index >= 15 is 0 Å². The Morgan fingerprint density at radius 3 is 2.53 bits per heavy atom. The molecule has 2 aromatic rings. The number of hydrogen-bond donors (Lipinski definition) is 1. The summed E-state index contributed by atoms with van der Waals surface area (Å²) >= 11 is 1.66. The molecule has 0 fully saturated rings. The van der Waals surface area contributed by atoms with Crippen LogP contribution < -0.4 is 5.32 Å². The van der Waals surface area contributed by atoms with E-state index in [1.54, 1.807) is 11.3 Å². The maximum absolute atomic E-state index is 9.24. The van der Waals surface area contributed by atoms with E-state index in [1.165, 1.54) is 4.88 Å². The van der Waals surface area contributed by atoms with Gasteiger partial charge in [0.25, 0.3) is 0 Å². The van der Waals surface area contributed by atoms with Gasteiger partial charge in [-0.15, -0.1) is 11.3 Å². The second-order valence-corrected chi connectivity index (χ2v) is 5.29. The standard InChI is InChI=1S/C14H14N2S/c1-10-5-3-4-6-12(10)16-13(9-15)14-8-7-11(2)17-14/h3-8,13,16H,1-2H3. The van der Waals surface area contributed by atoms with Crippen LogP contribution in [0.25, 0.3) is 0 Å². The lowest BCUT2D eigenvalue weighted by atomic mass is 10.1. The van der Waals surface area contributed by atoms with Gasteiger partial charge in [0.05, 0.1) is 6.07 Å². The van der Waals surface area contributed by atoms with Crippen LogP contribution in [0, 0.1) is 25.2 Å². The highest BCUT2D eigenvalue weighted by atomic mass is 32.1. The SMILES string of the molecule is Cc1ccc(C(C#N)Nc2ccccc2C)s1. The third-order valence-electron chi connectivity index (χ3n) is 2.62. The van der Waals surface area contributed by atoms with Crippen LogP contribution in [0.4, 0.5) is 5.69 Å². The fourth-order valence-electron chi connectivity index (χ4n) is 1.67. The molecular weight excluding hydrogens is 228 g/mol. The zero-order valence-corrected chi connectivity index (χ0v) is 10.7. The minimum absolute atomic E-state index is 0.269. The second-order valence-electron chi connectivity index (χ2n) is 3.97. The summed E-state index contributed by atoms with van der Waals surface area (Å²) in [5, 5.41) is 12.5. The summed E-state index contributed by atoms with van der Waals surface area (Å²) in [6, 6.07) is 14.1. The summed E-state index contributed by atoms with van der Waals surface area (Å²) in [7, 11) is 0. The summed E-state index contributed by atoms with van der Waals surface area (Å²) in [6.07, 6.45) is 0. The molecule has 1 atom stereocenters. The topological polar surface area (TPSA) is 35.8 Å². The van der Waals surface area contributed by atoms with Gasteiger partial charge in [-0.25, -0.2) is 0 Å². The molecule has 3 heteroatoms. The fraction of sp³-hybridized carbons (Fsp3) is 0.214. The minimum Gasteiger partial charge on any atom is -0.365 e. The molecule has 0 aliphatic heterocycles. The van der Waals surface area contributed by atoms with Gasteiger partial charge in [0, 0.05) is 15.4 Å². The van der Waals surface area contributed by atoms with Crippen molar-refractivity contribution in [1.82, 2.24) is 0 Å². The molecule has 0 saturated carbocycles. The Labute approximate surface area is 106 Å². The molecule has 0 aliphatic carbocycles. The van der Waals surface area contributed by atoms with Gasteiger partial charge in [-0.1, -0.05) is 18.2 Å². The Bertz CT molecular complexity index is 551. The number of hydrogen-bond acceptors (Lipinski definition) is 3. The predicted molar refractivity (Wildman–Crippen MR) is 72.2 cm³/mol. The van der Waals surface area contributed by atoms with Crippen LogP contribution in [0.15, 0.2) is 36.4 Å². The number of nitriles is 1. The summed E-state index contributed by atoms with van der Waals surface area (Å²) in [6.45, 7) is 4.09. The van der Waals surface area contributed by atoms with Crippen molar-refractivity contribution in [2.24, 2.45) is 0 Å². The molecule has 1 aromatic carbocycles. The molecule has 1 unspecified atom stereocenters. The Morgan fingerprint density at radius 2 is 1.94 bits per heavy atom. The van der Waals surface area contributed by atoms with Gasteiger partial charge in [-0.3, -0.25) is 0 Å². The minimum atomic E-state index is -0.269. The molecule has 0 bridgehead atoms. The lowest BCUT2D eigenvalue weighted by Gasteiger charge is -2.13. The van der Waals surface area contributed by atoms with E-state index in [1.807, 2.05) is 43.3 Å². The zero-order chi connectivity index (χ0) is 12.3. The third-order valence-corrected chi connectivity index (χ3v) is 3.69. The van der Waals surface area contributed by atoms with Crippen molar-refractivity contribution >= 4 is 17.0 Å².